The molecule has 2 rings (SSSR count). The Balaban J connectivity index is 2.62. The lowest BCUT2D eigenvalue weighted by Crippen LogP contribution is -2.12. The molecule has 0 radical (unpaired) electrons. The van der Waals surface area contributed by atoms with Gasteiger partial charge in [0.1, 0.15) is 17.2 Å². The van der Waals surface area contributed by atoms with Crippen molar-refractivity contribution in [1.82, 2.24) is 15.0 Å². The van der Waals surface area contributed by atoms with Crippen molar-refractivity contribution in [3.63, 3.8) is 0 Å². The maximum Gasteiger partial charge on any atom is 0.234 e. The molecule has 4 nitrogen and oxygen atoms in total. The van der Waals surface area contributed by atoms with E-state index in [1.54, 1.807) is 6.07 Å². The van der Waals surface area contributed by atoms with E-state index in [0.717, 1.165) is 0 Å². The highest BCUT2D eigenvalue weighted by Crippen LogP contribution is 2.40. The average molecular weight is 311 g/mol. The Morgan fingerprint density at radius 3 is 2.61 bits per heavy atom. The standard InChI is InChI=1S/C10H7Cl3FN3O/c11-10(12,13)9-8(5-18)15-16-17(9)7-3-1-2-6(14)4-7/h1-4,18H,5H2. The summed E-state index contributed by atoms with van der Waals surface area (Å²) in [5, 5.41) is 16.6. The summed E-state index contributed by atoms with van der Waals surface area (Å²) in [5.74, 6) is -0.455. The van der Waals surface area contributed by atoms with Crippen molar-refractivity contribution in [2.45, 2.75) is 10.4 Å². The van der Waals surface area contributed by atoms with E-state index in [1.807, 2.05) is 0 Å². The predicted molar refractivity (Wildman–Crippen MR) is 66.5 cm³/mol. The molecule has 0 unspecified atom stereocenters. The fourth-order valence-electron chi connectivity index (χ4n) is 1.49. The maximum atomic E-state index is 13.2. The molecule has 0 fully saturated rings. The van der Waals surface area contributed by atoms with Crippen LogP contribution in [-0.2, 0) is 10.4 Å². The van der Waals surface area contributed by atoms with Crippen molar-refractivity contribution in [3.8, 4) is 5.69 Å². The fourth-order valence-corrected chi connectivity index (χ4v) is 2.06. The van der Waals surface area contributed by atoms with Gasteiger partial charge in [0.15, 0.2) is 0 Å². The quantitative estimate of drug-likeness (QED) is 0.868. The largest absolute Gasteiger partial charge is 0.390 e. The number of aliphatic hydroxyl groups is 1. The molecule has 0 saturated carbocycles. The van der Waals surface area contributed by atoms with Crippen LogP contribution in [0, 0.1) is 5.82 Å². The normalized spacial score (nSPS) is 11.8. The monoisotopic (exact) mass is 309 g/mol. The van der Waals surface area contributed by atoms with Crippen molar-refractivity contribution < 1.29 is 9.50 Å². The minimum Gasteiger partial charge on any atom is -0.390 e. The van der Waals surface area contributed by atoms with E-state index in [2.05, 4.69) is 10.3 Å². The van der Waals surface area contributed by atoms with Crippen molar-refractivity contribution in [1.29, 1.82) is 0 Å². The molecule has 0 atom stereocenters. The van der Waals surface area contributed by atoms with Gasteiger partial charge in [-0.05, 0) is 18.2 Å². The molecule has 0 aliphatic carbocycles. The molecular weight excluding hydrogens is 303 g/mol. The molecule has 18 heavy (non-hydrogen) atoms. The Hall–Kier alpha value is -0.880. The smallest absolute Gasteiger partial charge is 0.234 e. The van der Waals surface area contributed by atoms with Crippen molar-refractivity contribution in [2.24, 2.45) is 0 Å². The van der Waals surface area contributed by atoms with Gasteiger partial charge in [0.2, 0.25) is 3.79 Å². The van der Waals surface area contributed by atoms with E-state index < -0.39 is 16.2 Å². The van der Waals surface area contributed by atoms with Crippen LogP contribution in [0.1, 0.15) is 11.4 Å². The van der Waals surface area contributed by atoms with Crippen LogP contribution < -0.4 is 0 Å². The molecule has 0 aliphatic heterocycles. The number of aliphatic hydroxyl groups excluding tert-OH is 1. The van der Waals surface area contributed by atoms with Gasteiger partial charge in [-0.15, -0.1) is 5.10 Å². The topological polar surface area (TPSA) is 50.9 Å². The number of aromatic nitrogens is 3. The summed E-state index contributed by atoms with van der Waals surface area (Å²) in [5.41, 5.74) is 0.559. The fraction of sp³-hybridized carbons (Fsp3) is 0.200. The minimum absolute atomic E-state index is 0.0839. The van der Waals surface area contributed by atoms with Crippen LogP contribution in [0.4, 0.5) is 4.39 Å². The molecule has 0 saturated heterocycles. The van der Waals surface area contributed by atoms with Crippen LogP contribution in [0.15, 0.2) is 24.3 Å². The molecule has 1 heterocycles. The second-order valence-corrected chi connectivity index (χ2v) is 5.71. The zero-order valence-electron chi connectivity index (χ0n) is 8.82. The van der Waals surface area contributed by atoms with Gasteiger partial charge in [-0.3, -0.25) is 0 Å². The van der Waals surface area contributed by atoms with Gasteiger partial charge >= 0.3 is 0 Å². The van der Waals surface area contributed by atoms with E-state index in [1.165, 1.54) is 22.9 Å². The van der Waals surface area contributed by atoms with Crippen LogP contribution >= 0.6 is 34.8 Å². The molecule has 0 bridgehead atoms. The van der Waals surface area contributed by atoms with Crippen LogP contribution in [0.5, 0.6) is 0 Å². The number of benzene rings is 1. The molecule has 96 valence electrons. The Labute approximate surface area is 117 Å². The van der Waals surface area contributed by atoms with Crippen LogP contribution in [0.3, 0.4) is 0 Å². The van der Waals surface area contributed by atoms with Gasteiger partial charge in [0.25, 0.3) is 0 Å². The molecule has 1 aromatic carbocycles. The molecule has 8 heteroatoms. The van der Waals surface area contributed by atoms with Crippen LogP contribution in [0.2, 0.25) is 0 Å². The van der Waals surface area contributed by atoms with Crippen molar-refractivity contribution in [2.75, 3.05) is 0 Å². The van der Waals surface area contributed by atoms with Gasteiger partial charge in [0, 0.05) is 0 Å². The van der Waals surface area contributed by atoms with E-state index >= 15 is 0 Å². The summed E-state index contributed by atoms with van der Waals surface area (Å²) in [7, 11) is 0. The Bertz CT molecular complexity index is 568. The third-order valence-electron chi connectivity index (χ3n) is 2.21. The van der Waals surface area contributed by atoms with Gasteiger partial charge in [0.05, 0.1) is 12.3 Å². The van der Waals surface area contributed by atoms with Crippen molar-refractivity contribution >= 4 is 34.8 Å². The molecule has 0 spiro atoms. The number of hydrogen-bond acceptors (Lipinski definition) is 3. The first kappa shape index (κ1) is 13.5. The second-order valence-electron chi connectivity index (χ2n) is 3.43. The zero-order valence-corrected chi connectivity index (χ0v) is 11.1. The molecule has 2 aromatic rings. The molecule has 1 N–H and O–H groups in total. The SMILES string of the molecule is OCc1nnn(-c2cccc(F)c2)c1C(Cl)(Cl)Cl. The minimum atomic E-state index is -1.83. The predicted octanol–water partition coefficient (Wildman–Crippen LogP) is 2.73. The molecule has 0 amide bonds. The van der Waals surface area contributed by atoms with E-state index in [4.69, 9.17) is 39.9 Å². The maximum absolute atomic E-state index is 13.2. The van der Waals surface area contributed by atoms with E-state index in [-0.39, 0.29) is 11.4 Å². The molecular formula is C10H7Cl3FN3O. The van der Waals surface area contributed by atoms with Gasteiger partial charge in [-0.25, -0.2) is 9.07 Å². The van der Waals surface area contributed by atoms with Gasteiger partial charge in [-0.1, -0.05) is 46.1 Å². The summed E-state index contributed by atoms with van der Waals surface area (Å²) < 4.78 is 12.5. The third kappa shape index (κ3) is 2.59. The Morgan fingerprint density at radius 1 is 1.33 bits per heavy atom. The first-order valence-electron chi connectivity index (χ1n) is 4.82. The Kier molecular flexibility index (Phi) is 3.77. The second kappa shape index (κ2) is 5.01. The highest BCUT2D eigenvalue weighted by atomic mass is 35.6. The van der Waals surface area contributed by atoms with Crippen LogP contribution in [-0.4, -0.2) is 20.1 Å². The van der Waals surface area contributed by atoms with E-state index in [9.17, 15) is 4.39 Å². The highest BCUT2D eigenvalue weighted by molar-refractivity contribution is 6.66. The number of nitrogens with zero attached hydrogens (tertiary/aromatic N) is 3. The van der Waals surface area contributed by atoms with Gasteiger partial charge in [-0.2, -0.15) is 0 Å². The first-order valence-corrected chi connectivity index (χ1v) is 5.95. The van der Waals surface area contributed by atoms with Crippen LogP contribution in [0.25, 0.3) is 5.69 Å². The summed E-state index contributed by atoms with van der Waals surface area (Å²) in [6, 6.07) is 5.57. The average Bonchev–Trinajstić information content (AvgIpc) is 2.72. The number of rotatable bonds is 2. The highest BCUT2D eigenvalue weighted by Gasteiger charge is 2.32. The van der Waals surface area contributed by atoms with Crippen molar-refractivity contribution in [3.05, 3.63) is 41.5 Å². The molecule has 0 aliphatic rings. The lowest BCUT2D eigenvalue weighted by Gasteiger charge is -2.14. The lowest BCUT2D eigenvalue weighted by molar-refractivity contribution is 0.275. The zero-order chi connectivity index (χ0) is 13.3. The third-order valence-corrected chi connectivity index (χ3v) is 2.75. The lowest BCUT2D eigenvalue weighted by atomic mass is 10.3. The van der Waals surface area contributed by atoms with E-state index in [0.29, 0.717) is 5.69 Å². The summed E-state index contributed by atoms with van der Waals surface area (Å²) in [6.45, 7) is -0.432. The van der Waals surface area contributed by atoms with Gasteiger partial charge < -0.3 is 5.11 Å². The Morgan fingerprint density at radius 2 is 2.06 bits per heavy atom. The number of alkyl halides is 3. The summed E-state index contributed by atoms with van der Waals surface area (Å²) >= 11 is 17.4. The number of hydrogen-bond donors (Lipinski definition) is 1. The first-order chi connectivity index (χ1) is 8.43. The molecule has 1 aromatic heterocycles. The summed E-state index contributed by atoms with van der Waals surface area (Å²) in [6.07, 6.45) is 0. The summed E-state index contributed by atoms with van der Waals surface area (Å²) in [4.78, 5) is 0. The number of halogens is 4.